The number of hydrogen-bond donors (Lipinski definition) is 1. The topological polar surface area (TPSA) is 29.9 Å². The highest BCUT2D eigenvalue weighted by Crippen LogP contribution is 2.21. The average molecular weight is 209 g/mol. The number of rotatable bonds is 4. The van der Waals surface area contributed by atoms with Gasteiger partial charge in [0.1, 0.15) is 0 Å². The molecule has 86 valence electrons. The Morgan fingerprint density at radius 3 is 2.27 bits per heavy atom. The zero-order valence-electron chi connectivity index (χ0n) is 10.8. The SMILES string of the molecule is CNCC(C)C(C)n1nc(C)c(C)c1C. The summed E-state index contributed by atoms with van der Waals surface area (Å²) < 4.78 is 2.16. The van der Waals surface area contributed by atoms with E-state index in [1.807, 2.05) is 7.05 Å². The molecule has 3 nitrogen and oxygen atoms in total. The fourth-order valence-corrected chi connectivity index (χ4v) is 1.88. The summed E-state index contributed by atoms with van der Waals surface area (Å²) in [7, 11) is 2.00. The molecule has 2 atom stereocenters. The van der Waals surface area contributed by atoms with Crippen molar-refractivity contribution in [2.24, 2.45) is 5.92 Å². The standard InChI is InChI=1S/C12H23N3/c1-8(7-13-6)11(4)15-12(5)9(2)10(3)14-15/h8,11,13H,7H2,1-6H3. The van der Waals surface area contributed by atoms with Gasteiger partial charge < -0.3 is 5.32 Å². The van der Waals surface area contributed by atoms with Crippen molar-refractivity contribution < 1.29 is 0 Å². The van der Waals surface area contributed by atoms with Gasteiger partial charge in [0, 0.05) is 5.69 Å². The lowest BCUT2D eigenvalue weighted by molar-refractivity contribution is 0.338. The summed E-state index contributed by atoms with van der Waals surface area (Å²) >= 11 is 0. The fourth-order valence-electron chi connectivity index (χ4n) is 1.88. The van der Waals surface area contributed by atoms with Gasteiger partial charge >= 0.3 is 0 Å². The molecule has 0 radical (unpaired) electrons. The monoisotopic (exact) mass is 209 g/mol. The van der Waals surface area contributed by atoms with Crippen molar-refractivity contribution in [1.29, 1.82) is 0 Å². The second-order valence-electron chi connectivity index (χ2n) is 4.52. The van der Waals surface area contributed by atoms with Crippen LogP contribution in [0.15, 0.2) is 0 Å². The van der Waals surface area contributed by atoms with E-state index in [2.05, 4.69) is 49.7 Å². The summed E-state index contributed by atoms with van der Waals surface area (Å²) in [6.45, 7) is 11.9. The van der Waals surface area contributed by atoms with E-state index < -0.39 is 0 Å². The van der Waals surface area contributed by atoms with Gasteiger partial charge in [0.15, 0.2) is 0 Å². The summed E-state index contributed by atoms with van der Waals surface area (Å²) in [6, 6.07) is 0.449. The first kappa shape index (κ1) is 12.2. The van der Waals surface area contributed by atoms with Gasteiger partial charge in [-0.1, -0.05) is 6.92 Å². The smallest absolute Gasteiger partial charge is 0.0625 e. The molecule has 0 amide bonds. The van der Waals surface area contributed by atoms with Gasteiger partial charge in [-0.2, -0.15) is 5.10 Å². The highest BCUT2D eigenvalue weighted by atomic mass is 15.3. The molecule has 0 spiro atoms. The van der Waals surface area contributed by atoms with Crippen molar-refractivity contribution in [3.63, 3.8) is 0 Å². The summed E-state index contributed by atoms with van der Waals surface area (Å²) in [6.07, 6.45) is 0. The van der Waals surface area contributed by atoms with Gasteiger partial charge in [0.25, 0.3) is 0 Å². The zero-order chi connectivity index (χ0) is 11.6. The van der Waals surface area contributed by atoms with Crippen molar-refractivity contribution in [3.8, 4) is 0 Å². The Labute approximate surface area is 92.9 Å². The third-order valence-electron chi connectivity index (χ3n) is 3.42. The summed E-state index contributed by atoms with van der Waals surface area (Å²) in [5, 5.41) is 7.82. The van der Waals surface area contributed by atoms with Crippen LogP contribution < -0.4 is 5.32 Å². The first-order valence-corrected chi connectivity index (χ1v) is 5.66. The van der Waals surface area contributed by atoms with E-state index in [0.717, 1.165) is 12.2 Å². The number of aromatic nitrogens is 2. The lowest BCUT2D eigenvalue weighted by atomic mass is 10.0. The third kappa shape index (κ3) is 2.40. The quantitative estimate of drug-likeness (QED) is 0.824. The molecule has 0 bridgehead atoms. The Bertz CT molecular complexity index is 328. The van der Waals surface area contributed by atoms with Gasteiger partial charge in [-0.25, -0.2) is 0 Å². The molecule has 0 fully saturated rings. The second kappa shape index (κ2) is 4.79. The van der Waals surface area contributed by atoms with Crippen LogP contribution in [0.2, 0.25) is 0 Å². The molecule has 1 aromatic heterocycles. The van der Waals surface area contributed by atoms with E-state index in [1.54, 1.807) is 0 Å². The summed E-state index contributed by atoms with van der Waals surface area (Å²) in [4.78, 5) is 0. The van der Waals surface area contributed by atoms with E-state index in [-0.39, 0.29) is 0 Å². The van der Waals surface area contributed by atoms with E-state index in [1.165, 1.54) is 11.3 Å². The molecule has 1 aromatic rings. The molecular weight excluding hydrogens is 186 g/mol. The molecule has 3 heteroatoms. The molecule has 1 N–H and O–H groups in total. The summed E-state index contributed by atoms with van der Waals surface area (Å²) in [5.41, 5.74) is 3.76. The van der Waals surface area contributed by atoms with Crippen molar-refractivity contribution in [1.82, 2.24) is 15.1 Å². The van der Waals surface area contributed by atoms with Crippen molar-refractivity contribution in [2.75, 3.05) is 13.6 Å². The van der Waals surface area contributed by atoms with Gasteiger partial charge in [0.2, 0.25) is 0 Å². The maximum atomic E-state index is 4.60. The first-order valence-electron chi connectivity index (χ1n) is 5.66. The van der Waals surface area contributed by atoms with Crippen molar-refractivity contribution >= 4 is 0 Å². The fraction of sp³-hybridized carbons (Fsp3) is 0.750. The summed E-state index contributed by atoms with van der Waals surface area (Å²) in [5.74, 6) is 0.590. The van der Waals surface area contributed by atoms with Crippen molar-refractivity contribution in [2.45, 2.75) is 40.7 Å². The van der Waals surface area contributed by atoms with Crippen LogP contribution in [-0.2, 0) is 0 Å². The highest BCUT2D eigenvalue weighted by Gasteiger charge is 2.17. The van der Waals surface area contributed by atoms with Crippen LogP contribution in [-0.4, -0.2) is 23.4 Å². The number of aryl methyl sites for hydroxylation is 1. The maximum absolute atomic E-state index is 4.60. The molecule has 0 saturated heterocycles. The van der Waals surface area contributed by atoms with Crippen LogP contribution in [0, 0.1) is 26.7 Å². The molecule has 0 aliphatic carbocycles. The molecular formula is C12H23N3. The van der Waals surface area contributed by atoms with Crippen LogP contribution in [0.1, 0.15) is 36.8 Å². The maximum Gasteiger partial charge on any atom is 0.0625 e. The minimum atomic E-state index is 0.449. The molecule has 0 aliphatic heterocycles. The van der Waals surface area contributed by atoms with E-state index in [4.69, 9.17) is 0 Å². The number of nitrogens with one attached hydrogen (secondary N) is 1. The van der Waals surface area contributed by atoms with Crippen molar-refractivity contribution in [3.05, 3.63) is 17.0 Å². The Morgan fingerprint density at radius 2 is 1.87 bits per heavy atom. The van der Waals surface area contributed by atoms with Crippen LogP contribution in [0.25, 0.3) is 0 Å². The van der Waals surface area contributed by atoms with E-state index in [0.29, 0.717) is 12.0 Å². The Hall–Kier alpha value is -0.830. The Kier molecular flexibility index (Phi) is 3.91. The van der Waals surface area contributed by atoms with E-state index in [9.17, 15) is 0 Å². The van der Waals surface area contributed by atoms with Crippen LogP contribution in [0.4, 0.5) is 0 Å². The van der Waals surface area contributed by atoms with Crippen LogP contribution in [0.3, 0.4) is 0 Å². The highest BCUT2D eigenvalue weighted by molar-refractivity contribution is 5.22. The van der Waals surface area contributed by atoms with Gasteiger partial charge in [-0.05, 0) is 52.8 Å². The molecule has 2 unspecified atom stereocenters. The Morgan fingerprint density at radius 1 is 1.27 bits per heavy atom. The predicted molar refractivity (Wildman–Crippen MR) is 64.2 cm³/mol. The van der Waals surface area contributed by atoms with Crippen LogP contribution in [0.5, 0.6) is 0 Å². The number of nitrogens with zero attached hydrogens (tertiary/aromatic N) is 2. The normalized spacial score (nSPS) is 15.3. The molecule has 15 heavy (non-hydrogen) atoms. The molecule has 0 aromatic carbocycles. The molecule has 0 aliphatic rings. The lowest BCUT2D eigenvalue weighted by Gasteiger charge is -2.21. The minimum Gasteiger partial charge on any atom is -0.319 e. The largest absolute Gasteiger partial charge is 0.319 e. The molecule has 1 rings (SSSR count). The van der Waals surface area contributed by atoms with Crippen LogP contribution >= 0.6 is 0 Å². The average Bonchev–Trinajstić information content (AvgIpc) is 2.45. The van der Waals surface area contributed by atoms with E-state index >= 15 is 0 Å². The second-order valence-corrected chi connectivity index (χ2v) is 4.52. The third-order valence-corrected chi connectivity index (χ3v) is 3.42. The first-order chi connectivity index (χ1) is 6.99. The van der Waals surface area contributed by atoms with Gasteiger partial charge in [-0.3, -0.25) is 4.68 Å². The lowest BCUT2D eigenvalue weighted by Crippen LogP contribution is -2.25. The molecule has 0 saturated carbocycles. The number of hydrogen-bond acceptors (Lipinski definition) is 2. The Balaban J connectivity index is 2.90. The van der Waals surface area contributed by atoms with Gasteiger partial charge in [-0.15, -0.1) is 0 Å². The van der Waals surface area contributed by atoms with Gasteiger partial charge in [0.05, 0.1) is 11.7 Å². The zero-order valence-corrected chi connectivity index (χ0v) is 10.8. The molecule has 1 heterocycles. The minimum absolute atomic E-state index is 0.449. The predicted octanol–water partition coefficient (Wildman–Crippen LogP) is 2.22.